The minimum Gasteiger partial charge on any atom is -0.126 e. The molecule has 1 atom stereocenters. The zero-order valence-corrected chi connectivity index (χ0v) is 16.1. The predicted octanol–water partition coefficient (Wildman–Crippen LogP) is 6.08. The molecule has 0 aromatic carbocycles. The Morgan fingerprint density at radius 2 is 1.17 bits per heavy atom. The van der Waals surface area contributed by atoms with Crippen LogP contribution >= 0.6 is 7.92 Å². The molecular formula is C16H33PSi. The van der Waals surface area contributed by atoms with Crippen molar-refractivity contribution in [2.24, 2.45) is 0 Å². The Bertz CT molecular complexity index is 290. The Morgan fingerprint density at radius 3 is 1.39 bits per heavy atom. The van der Waals surface area contributed by atoms with E-state index in [0.717, 1.165) is 16.6 Å². The van der Waals surface area contributed by atoms with Crippen LogP contribution in [0.3, 0.4) is 0 Å². The third-order valence-electron chi connectivity index (χ3n) is 4.31. The molecule has 0 spiro atoms. The minimum absolute atomic E-state index is 0.187. The zero-order chi connectivity index (χ0) is 14.7. The second-order valence-electron chi connectivity index (χ2n) is 7.36. The van der Waals surface area contributed by atoms with Crippen LogP contribution in [-0.2, 0) is 0 Å². The fraction of sp³-hybridized carbons (Fsp3) is 0.875. The van der Waals surface area contributed by atoms with Crippen molar-refractivity contribution in [3.63, 3.8) is 0 Å². The maximum Gasteiger partial charge on any atom is 0.146 e. The van der Waals surface area contributed by atoms with Crippen molar-refractivity contribution in [3.8, 4) is 11.2 Å². The standard InChI is InChI=1S/C16H33PSi/c1-13(2)18(14(3)4,15(5)6)12-11-17(10)16(7,8)9/h13-15H,1-10H3. The molecule has 0 rings (SSSR count). The summed E-state index contributed by atoms with van der Waals surface area (Å²) in [6.45, 7) is 23.6. The van der Waals surface area contributed by atoms with Crippen molar-refractivity contribution in [2.45, 2.75) is 84.1 Å². The molecule has 0 aromatic heterocycles. The lowest BCUT2D eigenvalue weighted by Gasteiger charge is -2.38. The molecule has 18 heavy (non-hydrogen) atoms. The van der Waals surface area contributed by atoms with E-state index in [9.17, 15) is 0 Å². The van der Waals surface area contributed by atoms with E-state index in [1.54, 1.807) is 0 Å². The highest BCUT2D eigenvalue weighted by molar-refractivity contribution is 7.63. The van der Waals surface area contributed by atoms with Crippen LogP contribution in [0.5, 0.6) is 0 Å². The first-order valence-corrected chi connectivity index (χ1v) is 11.2. The molecule has 0 nitrogen and oxygen atoms in total. The third kappa shape index (κ3) is 4.11. The van der Waals surface area contributed by atoms with E-state index in [-0.39, 0.29) is 7.92 Å². The molecule has 1 unspecified atom stereocenters. The van der Waals surface area contributed by atoms with Gasteiger partial charge in [0.05, 0.1) is 0 Å². The quantitative estimate of drug-likeness (QED) is 0.335. The Hall–Kier alpha value is 0.207. The van der Waals surface area contributed by atoms with Crippen molar-refractivity contribution < 1.29 is 0 Å². The van der Waals surface area contributed by atoms with Crippen molar-refractivity contribution in [1.29, 1.82) is 0 Å². The van der Waals surface area contributed by atoms with Gasteiger partial charge >= 0.3 is 0 Å². The summed E-state index contributed by atoms with van der Waals surface area (Å²) in [5.41, 5.74) is 9.77. The van der Waals surface area contributed by atoms with Crippen LogP contribution in [0.2, 0.25) is 16.6 Å². The van der Waals surface area contributed by atoms with Gasteiger partial charge < -0.3 is 0 Å². The highest BCUT2D eigenvalue weighted by Crippen LogP contribution is 2.46. The molecule has 0 N–H and O–H groups in total. The zero-order valence-electron chi connectivity index (χ0n) is 14.2. The van der Waals surface area contributed by atoms with Crippen molar-refractivity contribution >= 4 is 16.0 Å². The SMILES string of the molecule is CC(C)[Si](C#CP(C)C(C)(C)C)(C(C)C)C(C)C. The third-order valence-corrected chi connectivity index (χ3v) is 13.3. The smallest absolute Gasteiger partial charge is 0.126 e. The summed E-state index contributed by atoms with van der Waals surface area (Å²) < 4.78 is 0. The fourth-order valence-electron chi connectivity index (χ4n) is 2.78. The van der Waals surface area contributed by atoms with Crippen LogP contribution in [0, 0.1) is 11.2 Å². The van der Waals surface area contributed by atoms with Crippen LogP contribution in [0.15, 0.2) is 0 Å². The average molecular weight is 284 g/mol. The number of rotatable bonds is 3. The van der Waals surface area contributed by atoms with Crippen molar-refractivity contribution in [3.05, 3.63) is 0 Å². The molecule has 0 aliphatic carbocycles. The monoisotopic (exact) mass is 284 g/mol. The molecular weight excluding hydrogens is 251 g/mol. The van der Waals surface area contributed by atoms with Gasteiger partial charge in [-0.3, -0.25) is 0 Å². The molecule has 0 aliphatic rings. The topological polar surface area (TPSA) is 0 Å². The van der Waals surface area contributed by atoms with E-state index >= 15 is 0 Å². The first-order valence-electron chi connectivity index (χ1n) is 7.22. The second kappa shape index (κ2) is 6.58. The molecule has 0 saturated heterocycles. The van der Waals surface area contributed by atoms with Gasteiger partial charge in [-0.15, -0.1) is 5.54 Å². The minimum atomic E-state index is -1.51. The van der Waals surface area contributed by atoms with Gasteiger partial charge in [-0.1, -0.05) is 68.0 Å². The normalized spacial score (nSPS) is 14.9. The maximum absolute atomic E-state index is 3.86. The molecule has 106 valence electrons. The van der Waals surface area contributed by atoms with Gasteiger partial charge in [0.25, 0.3) is 0 Å². The Balaban J connectivity index is 5.46. The van der Waals surface area contributed by atoms with Gasteiger partial charge in [0.2, 0.25) is 0 Å². The lowest BCUT2D eigenvalue weighted by atomic mass is 10.3. The van der Waals surface area contributed by atoms with E-state index in [1.807, 2.05) is 0 Å². The summed E-state index contributed by atoms with van der Waals surface area (Å²) in [7, 11) is -1.70. The van der Waals surface area contributed by atoms with Crippen LogP contribution in [0.25, 0.3) is 0 Å². The predicted molar refractivity (Wildman–Crippen MR) is 91.4 cm³/mol. The summed E-state index contributed by atoms with van der Waals surface area (Å²) >= 11 is 0. The summed E-state index contributed by atoms with van der Waals surface area (Å²) in [6, 6.07) is 0. The largest absolute Gasteiger partial charge is 0.146 e. The lowest BCUT2D eigenvalue weighted by Crippen LogP contribution is -2.43. The first kappa shape index (κ1) is 18.2. The number of hydrogen-bond donors (Lipinski definition) is 0. The maximum atomic E-state index is 3.86. The highest BCUT2D eigenvalue weighted by atomic mass is 31.1. The molecule has 0 saturated carbocycles. The first-order chi connectivity index (χ1) is 7.96. The molecule has 2 heteroatoms. The van der Waals surface area contributed by atoms with E-state index < -0.39 is 8.07 Å². The molecule has 0 radical (unpaired) electrons. The molecule has 0 amide bonds. The van der Waals surface area contributed by atoms with Gasteiger partial charge in [0, 0.05) is 0 Å². The summed E-state index contributed by atoms with van der Waals surface area (Å²) in [5.74, 6) is 0. The van der Waals surface area contributed by atoms with Crippen molar-refractivity contribution in [2.75, 3.05) is 6.66 Å². The number of hydrogen-bond acceptors (Lipinski definition) is 0. The van der Waals surface area contributed by atoms with Gasteiger partial charge in [-0.25, -0.2) is 0 Å². The second-order valence-corrected chi connectivity index (χ2v) is 15.6. The van der Waals surface area contributed by atoms with E-state index in [4.69, 9.17) is 0 Å². The molecule has 0 heterocycles. The highest BCUT2D eigenvalue weighted by Gasteiger charge is 2.41. The van der Waals surface area contributed by atoms with Gasteiger partial charge in [0.1, 0.15) is 8.07 Å². The molecule has 0 aliphatic heterocycles. The lowest BCUT2D eigenvalue weighted by molar-refractivity contribution is 0.791. The van der Waals surface area contributed by atoms with Crippen LogP contribution in [-0.4, -0.2) is 19.9 Å². The average Bonchev–Trinajstić information content (AvgIpc) is 2.14. The molecule has 0 aromatic rings. The van der Waals surface area contributed by atoms with Gasteiger partial charge in [-0.2, -0.15) is 0 Å². The van der Waals surface area contributed by atoms with Crippen LogP contribution in [0.1, 0.15) is 62.3 Å². The Kier molecular flexibility index (Phi) is 6.66. The van der Waals surface area contributed by atoms with Gasteiger partial charge in [0.15, 0.2) is 0 Å². The summed E-state index contributed by atoms with van der Waals surface area (Å²) in [5, 5.41) is 0.355. The Labute approximate surface area is 118 Å². The molecule has 0 fully saturated rings. The van der Waals surface area contributed by atoms with Crippen LogP contribution in [0.4, 0.5) is 0 Å². The van der Waals surface area contributed by atoms with E-state index in [0.29, 0.717) is 5.16 Å². The van der Waals surface area contributed by atoms with Gasteiger partial charge in [-0.05, 0) is 36.4 Å². The van der Waals surface area contributed by atoms with E-state index in [2.05, 4.69) is 80.2 Å². The summed E-state index contributed by atoms with van der Waals surface area (Å²) in [4.78, 5) is 0. The molecule has 0 bridgehead atoms. The fourth-order valence-corrected chi connectivity index (χ4v) is 9.43. The van der Waals surface area contributed by atoms with E-state index in [1.165, 1.54) is 0 Å². The van der Waals surface area contributed by atoms with Crippen molar-refractivity contribution in [1.82, 2.24) is 0 Å². The Morgan fingerprint density at radius 1 is 0.833 bits per heavy atom. The summed E-state index contributed by atoms with van der Waals surface area (Å²) in [6.07, 6.45) is 0. The van der Waals surface area contributed by atoms with Crippen LogP contribution < -0.4 is 0 Å².